The molecule has 5 nitrogen and oxygen atoms in total. The van der Waals surface area contributed by atoms with E-state index in [0.717, 1.165) is 38.6 Å². The SMILES string of the molecule is CCOC(=O)/C(=C/c1c(C2OCCO2)ccc2ccccc12)N=C=C(c1ccccc1)c1ccccc1. The Balaban J connectivity index is 1.71. The average Bonchev–Trinajstić information content (AvgIpc) is 3.49. The second kappa shape index (κ2) is 11.6. The van der Waals surface area contributed by atoms with Gasteiger partial charge in [-0.1, -0.05) is 97.1 Å². The molecule has 1 heterocycles. The second-order valence-electron chi connectivity index (χ2n) is 8.44. The highest BCUT2D eigenvalue weighted by molar-refractivity contribution is 6.03. The van der Waals surface area contributed by atoms with Crippen molar-refractivity contribution in [2.45, 2.75) is 13.2 Å². The van der Waals surface area contributed by atoms with E-state index in [9.17, 15) is 4.79 Å². The van der Waals surface area contributed by atoms with Gasteiger partial charge in [0.25, 0.3) is 0 Å². The van der Waals surface area contributed by atoms with Crippen LogP contribution in [0, 0.1) is 0 Å². The van der Waals surface area contributed by atoms with E-state index in [1.54, 1.807) is 13.0 Å². The number of hydrogen-bond donors (Lipinski definition) is 0. The first-order valence-corrected chi connectivity index (χ1v) is 12.3. The molecule has 1 aliphatic rings. The molecule has 5 rings (SSSR count). The molecule has 0 N–H and O–H groups in total. The van der Waals surface area contributed by atoms with Gasteiger partial charge in [-0.15, -0.1) is 0 Å². The van der Waals surface area contributed by atoms with E-state index in [2.05, 4.69) is 10.9 Å². The molecule has 4 aromatic carbocycles. The van der Waals surface area contributed by atoms with Crippen LogP contribution in [-0.4, -0.2) is 31.7 Å². The first kappa shape index (κ1) is 24.4. The zero-order valence-corrected chi connectivity index (χ0v) is 20.6. The minimum absolute atomic E-state index is 0.141. The Hall–Kier alpha value is -4.28. The van der Waals surface area contributed by atoms with Gasteiger partial charge in [-0.25, -0.2) is 4.79 Å². The van der Waals surface area contributed by atoms with Gasteiger partial charge < -0.3 is 14.2 Å². The summed E-state index contributed by atoms with van der Waals surface area (Å²) in [5.41, 5.74) is 4.44. The van der Waals surface area contributed by atoms with Crippen LogP contribution in [0.2, 0.25) is 0 Å². The highest BCUT2D eigenvalue weighted by atomic mass is 16.7. The van der Waals surface area contributed by atoms with Crippen LogP contribution in [0.3, 0.4) is 0 Å². The molecule has 0 amide bonds. The highest BCUT2D eigenvalue weighted by Gasteiger charge is 2.23. The van der Waals surface area contributed by atoms with Gasteiger partial charge in [0.1, 0.15) is 0 Å². The predicted molar refractivity (Wildman–Crippen MR) is 146 cm³/mol. The summed E-state index contributed by atoms with van der Waals surface area (Å²) in [6.45, 7) is 3.04. The molecule has 1 saturated heterocycles. The van der Waals surface area contributed by atoms with E-state index in [-0.39, 0.29) is 12.3 Å². The molecule has 0 saturated carbocycles. The summed E-state index contributed by atoms with van der Waals surface area (Å²) in [6.07, 6.45) is 1.24. The number of carbonyl (C=O) groups excluding carboxylic acids is 1. The number of carbonyl (C=O) groups is 1. The maximum Gasteiger partial charge on any atom is 0.357 e. The normalized spacial score (nSPS) is 13.8. The number of aliphatic imine (C=N–C) groups is 1. The zero-order valence-electron chi connectivity index (χ0n) is 20.6. The number of hydrogen-bond acceptors (Lipinski definition) is 5. The van der Waals surface area contributed by atoms with Crippen molar-refractivity contribution in [3.05, 3.63) is 125 Å². The van der Waals surface area contributed by atoms with Gasteiger partial charge in [0.15, 0.2) is 12.0 Å². The number of fused-ring (bicyclic) bond motifs is 1. The second-order valence-corrected chi connectivity index (χ2v) is 8.44. The summed E-state index contributed by atoms with van der Waals surface area (Å²) in [7, 11) is 0. The molecule has 184 valence electrons. The van der Waals surface area contributed by atoms with Gasteiger partial charge in [-0.3, -0.25) is 0 Å². The Morgan fingerprint density at radius 2 is 1.51 bits per heavy atom. The van der Waals surface area contributed by atoms with Crippen LogP contribution in [0.1, 0.15) is 35.5 Å². The van der Waals surface area contributed by atoms with Gasteiger partial charge in [0.05, 0.1) is 25.4 Å². The molecule has 0 radical (unpaired) electrons. The minimum atomic E-state index is -0.525. The van der Waals surface area contributed by atoms with Crippen molar-refractivity contribution in [1.29, 1.82) is 0 Å². The Labute approximate surface area is 216 Å². The van der Waals surface area contributed by atoms with E-state index in [1.807, 2.05) is 97.1 Å². The summed E-state index contributed by atoms with van der Waals surface area (Å²) < 4.78 is 17.0. The topological polar surface area (TPSA) is 57.1 Å². The number of nitrogens with zero attached hydrogens (tertiary/aromatic N) is 1. The van der Waals surface area contributed by atoms with Crippen molar-refractivity contribution in [1.82, 2.24) is 0 Å². The average molecular weight is 490 g/mol. The van der Waals surface area contributed by atoms with Gasteiger partial charge in [0, 0.05) is 5.56 Å². The van der Waals surface area contributed by atoms with E-state index < -0.39 is 12.3 Å². The van der Waals surface area contributed by atoms with Crippen LogP contribution >= 0.6 is 0 Å². The van der Waals surface area contributed by atoms with Crippen LogP contribution in [0.5, 0.6) is 0 Å². The summed E-state index contributed by atoms with van der Waals surface area (Å²) in [5.74, 6) is 2.63. The Morgan fingerprint density at radius 1 is 0.892 bits per heavy atom. The van der Waals surface area contributed by atoms with E-state index in [4.69, 9.17) is 14.2 Å². The molecular weight excluding hydrogens is 462 g/mol. The molecule has 0 bridgehead atoms. The van der Waals surface area contributed by atoms with Crippen LogP contribution in [0.4, 0.5) is 0 Å². The molecule has 0 aromatic heterocycles. The van der Waals surface area contributed by atoms with Gasteiger partial charge in [0.2, 0.25) is 0 Å². The highest BCUT2D eigenvalue weighted by Crippen LogP contribution is 2.33. The van der Waals surface area contributed by atoms with Crippen molar-refractivity contribution >= 4 is 34.3 Å². The maximum atomic E-state index is 13.1. The number of esters is 1. The minimum Gasteiger partial charge on any atom is -0.461 e. The van der Waals surface area contributed by atoms with E-state index >= 15 is 0 Å². The maximum absolute atomic E-state index is 13.1. The molecule has 5 heteroatoms. The molecule has 1 aliphatic heterocycles. The third kappa shape index (κ3) is 5.60. The first-order chi connectivity index (χ1) is 18.2. The summed E-state index contributed by atoms with van der Waals surface area (Å²) in [6, 6.07) is 31.8. The monoisotopic (exact) mass is 489 g/mol. The van der Waals surface area contributed by atoms with Crippen molar-refractivity contribution in [3.63, 3.8) is 0 Å². The van der Waals surface area contributed by atoms with Crippen LogP contribution in [0.15, 0.2) is 108 Å². The molecule has 0 aliphatic carbocycles. The van der Waals surface area contributed by atoms with Crippen molar-refractivity contribution in [2.75, 3.05) is 19.8 Å². The third-order valence-electron chi connectivity index (χ3n) is 6.06. The molecule has 37 heavy (non-hydrogen) atoms. The summed E-state index contributed by atoms with van der Waals surface area (Å²) in [5, 5.41) is 2.00. The lowest BCUT2D eigenvalue weighted by Gasteiger charge is -2.15. The summed E-state index contributed by atoms with van der Waals surface area (Å²) in [4.78, 5) is 17.7. The van der Waals surface area contributed by atoms with Gasteiger partial charge in [-0.05, 0) is 46.3 Å². The molecule has 0 atom stereocenters. The van der Waals surface area contributed by atoms with Crippen molar-refractivity contribution < 1.29 is 19.0 Å². The third-order valence-corrected chi connectivity index (χ3v) is 6.06. The number of benzene rings is 4. The fourth-order valence-corrected chi connectivity index (χ4v) is 4.32. The predicted octanol–water partition coefficient (Wildman–Crippen LogP) is 6.59. The Morgan fingerprint density at radius 3 is 2.16 bits per heavy atom. The van der Waals surface area contributed by atoms with Gasteiger partial charge >= 0.3 is 5.97 Å². The van der Waals surface area contributed by atoms with Crippen LogP contribution in [0.25, 0.3) is 22.4 Å². The molecule has 4 aromatic rings. The van der Waals surface area contributed by atoms with Crippen LogP contribution < -0.4 is 0 Å². The lowest BCUT2D eigenvalue weighted by Crippen LogP contribution is -2.07. The fourth-order valence-electron chi connectivity index (χ4n) is 4.32. The summed E-state index contributed by atoms with van der Waals surface area (Å²) >= 11 is 0. The molecule has 0 unspecified atom stereocenters. The Bertz CT molecular complexity index is 1440. The first-order valence-electron chi connectivity index (χ1n) is 12.3. The van der Waals surface area contributed by atoms with Gasteiger partial charge in [-0.2, -0.15) is 4.99 Å². The fraction of sp³-hybridized carbons (Fsp3) is 0.156. The largest absolute Gasteiger partial charge is 0.461 e. The smallest absolute Gasteiger partial charge is 0.357 e. The number of ether oxygens (including phenoxy) is 3. The quantitative estimate of drug-likeness (QED) is 0.167. The lowest BCUT2D eigenvalue weighted by molar-refractivity contribution is -0.138. The van der Waals surface area contributed by atoms with Crippen LogP contribution in [-0.2, 0) is 19.0 Å². The number of rotatable bonds is 7. The standard InChI is InChI=1S/C32H27NO4/c1-2-35-31(34)30(33-22-29(23-11-5-3-6-12-23)24-13-7-4-8-14-24)21-28-26-16-10-9-15-25(26)17-18-27(28)32-36-19-20-37-32/h3-18,21,32H,2,19-20H2,1H3/b30-21-. The van der Waals surface area contributed by atoms with E-state index in [1.165, 1.54) is 0 Å². The van der Waals surface area contributed by atoms with E-state index in [0.29, 0.717) is 13.2 Å². The molecule has 1 fully saturated rings. The molecule has 0 spiro atoms. The molecular formula is C32H27NO4. The zero-order chi connectivity index (χ0) is 25.5. The Kier molecular flexibility index (Phi) is 7.68. The van der Waals surface area contributed by atoms with Crippen molar-refractivity contribution in [3.8, 4) is 0 Å². The lowest BCUT2D eigenvalue weighted by atomic mass is 9.97. The van der Waals surface area contributed by atoms with Crippen molar-refractivity contribution in [2.24, 2.45) is 4.99 Å².